The van der Waals surface area contributed by atoms with Crippen LogP contribution >= 0.6 is 58.0 Å². The van der Waals surface area contributed by atoms with Crippen molar-refractivity contribution in [2.45, 2.75) is 9.96 Å². The molecule has 1 rings (SSSR count). The molecule has 20 heavy (non-hydrogen) atoms. The van der Waals surface area contributed by atoms with Gasteiger partial charge in [-0.1, -0.05) is 58.0 Å². The van der Waals surface area contributed by atoms with Gasteiger partial charge in [-0.25, -0.2) is 4.79 Å². The van der Waals surface area contributed by atoms with Crippen LogP contribution in [0.5, 0.6) is 0 Å². The number of hydrogen-bond acceptors (Lipinski definition) is 2. The van der Waals surface area contributed by atoms with Crippen molar-refractivity contribution in [1.82, 2.24) is 10.2 Å². The van der Waals surface area contributed by atoms with Gasteiger partial charge in [0.1, 0.15) is 6.17 Å². The van der Waals surface area contributed by atoms with Gasteiger partial charge in [0.2, 0.25) is 3.79 Å². The summed E-state index contributed by atoms with van der Waals surface area (Å²) in [5.74, 6) is 0. The zero-order valence-corrected chi connectivity index (χ0v) is 14.3. The van der Waals surface area contributed by atoms with Crippen molar-refractivity contribution in [3.8, 4) is 0 Å². The van der Waals surface area contributed by atoms with E-state index < -0.39 is 16.0 Å². The Morgan fingerprint density at radius 3 is 2.30 bits per heavy atom. The Balaban J connectivity index is 2.93. The van der Waals surface area contributed by atoms with Gasteiger partial charge >= 0.3 is 6.03 Å². The summed E-state index contributed by atoms with van der Waals surface area (Å²) in [7, 11) is 3.14. The molecule has 1 atom stereocenters. The molecule has 0 heterocycles. The van der Waals surface area contributed by atoms with Crippen molar-refractivity contribution >= 4 is 69.7 Å². The first-order valence-electron chi connectivity index (χ1n) is 5.37. The minimum absolute atomic E-state index is 0.343. The second-order valence-corrected chi connectivity index (χ2v) is 7.30. The Morgan fingerprint density at radius 2 is 1.85 bits per heavy atom. The predicted octanol–water partition coefficient (Wildman–Crippen LogP) is 4.37. The second-order valence-electron chi connectivity index (χ2n) is 4.09. The van der Waals surface area contributed by atoms with Crippen molar-refractivity contribution in [3.63, 3.8) is 0 Å². The van der Waals surface area contributed by atoms with Gasteiger partial charge in [0.15, 0.2) is 0 Å². The van der Waals surface area contributed by atoms with Crippen LogP contribution in [0.3, 0.4) is 0 Å². The minimum Gasteiger partial charge on any atom is -0.361 e. The van der Waals surface area contributed by atoms with E-state index in [9.17, 15) is 4.79 Å². The lowest BCUT2D eigenvalue weighted by Gasteiger charge is -2.29. The van der Waals surface area contributed by atoms with Crippen molar-refractivity contribution in [3.05, 3.63) is 28.2 Å². The SMILES string of the molecule is CN(C)C(=O)N[C@H](Nc1ccc(Cl)cc1Cl)C(Cl)(Cl)Cl. The monoisotopic (exact) mass is 377 g/mol. The van der Waals surface area contributed by atoms with Gasteiger partial charge in [0.05, 0.1) is 10.7 Å². The molecule has 0 unspecified atom stereocenters. The third-order valence-corrected chi connectivity index (χ3v) is 3.43. The minimum atomic E-state index is -1.77. The van der Waals surface area contributed by atoms with Crippen LogP contribution in [0.4, 0.5) is 10.5 Å². The highest BCUT2D eigenvalue weighted by molar-refractivity contribution is 6.68. The van der Waals surface area contributed by atoms with E-state index >= 15 is 0 Å². The molecule has 9 heteroatoms. The maximum atomic E-state index is 11.7. The van der Waals surface area contributed by atoms with Gasteiger partial charge in [0, 0.05) is 19.1 Å². The van der Waals surface area contributed by atoms with E-state index in [-0.39, 0.29) is 0 Å². The number of hydrogen-bond donors (Lipinski definition) is 2. The lowest BCUT2D eigenvalue weighted by atomic mass is 10.3. The Labute approximate surface area is 142 Å². The molecule has 112 valence electrons. The standard InChI is InChI=1S/C11H12Cl5N3O/c1-19(2)10(20)18-9(11(14,15)16)17-8-4-3-6(12)5-7(8)13/h3-5,9,17H,1-2H3,(H,18,20)/t9-/m0/s1. The van der Waals surface area contributed by atoms with Crippen LogP contribution in [0.1, 0.15) is 0 Å². The summed E-state index contributed by atoms with van der Waals surface area (Å²) in [6.07, 6.45) is -0.971. The van der Waals surface area contributed by atoms with Crippen LogP contribution in [-0.2, 0) is 0 Å². The van der Waals surface area contributed by atoms with Gasteiger partial charge < -0.3 is 15.5 Å². The molecular formula is C11H12Cl5N3O. The van der Waals surface area contributed by atoms with Crippen LogP contribution in [0, 0.1) is 0 Å². The zero-order chi connectivity index (χ0) is 15.5. The third-order valence-electron chi connectivity index (χ3n) is 2.23. The molecule has 0 aliphatic rings. The van der Waals surface area contributed by atoms with Crippen LogP contribution in [0.15, 0.2) is 18.2 Å². The fourth-order valence-corrected chi connectivity index (χ4v) is 2.00. The molecule has 0 saturated heterocycles. The first kappa shape index (κ1) is 17.8. The highest BCUT2D eigenvalue weighted by Gasteiger charge is 2.34. The zero-order valence-electron chi connectivity index (χ0n) is 10.6. The molecule has 4 nitrogen and oxygen atoms in total. The van der Waals surface area contributed by atoms with Crippen LogP contribution in [-0.4, -0.2) is 35.0 Å². The molecule has 0 bridgehead atoms. The Bertz CT molecular complexity index is 489. The highest BCUT2D eigenvalue weighted by atomic mass is 35.6. The van der Waals surface area contributed by atoms with E-state index in [4.69, 9.17) is 58.0 Å². The van der Waals surface area contributed by atoms with Crippen LogP contribution < -0.4 is 10.6 Å². The number of anilines is 1. The first-order valence-corrected chi connectivity index (χ1v) is 7.26. The van der Waals surface area contributed by atoms with E-state index in [1.165, 1.54) is 11.0 Å². The smallest absolute Gasteiger partial charge is 0.318 e. The molecule has 0 saturated carbocycles. The lowest BCUT2D eigenvalue weighted by Crippen LogP contribution is -2.52. The lowest BCUT2D eigenvalue weighted by molar-refractivity contribution is 0.214. The molecular weight excluding hydrogens is 367 g/mol. The molecule has 0 fully saturated rings. The summed E-state index contributed by atoms with van der Waals surface area (Å²) < 4.78 is -1.77. The second kappa shape index (κ2) is 7.14. The molecule has 0 aromatic heterocycles. The fraction of sp³-hybridized carbons (Fsp3) is 0.364. The summed E-state index contributed by atoms with van der Waals surface area (Å²) in [5, 5.41) is 6.21. The fourth-order valence-electron chi connectivity index (χ4n) is 1.21. The Hall–Kier alpha value is -0.260. The average Bonchev–Trinajstić information content (AvgIpc) is 2.29. The van der Waals surface area contributed by atoms with Crippen LogP contribution in [0.25, 0.3) is 0 Å². The molecule has 0 radical (unpaired) electrons. The number of rotatable bonds is 3. The van der Waals surface area contributed by atoms with Crippen molar-refractivity contribution in [1.29, 1.82) is 0 Å². The Morgan fingerprint density at radius 1 is 1.25 bits per heavy atom. The number of carbonyl (C=O) groups is 1. The molecule has 1 aromatic carbocycles. The first-order chi connectivity index (χ1) is 9.11. The molecule has 0 spiro atoms. The van der Waals surface area contributed by atoms with Gasteiger partial charge in [-0.2, -0.15) is 0 Å². The molecule has 1 aromatic rings. The molecule has 0 aliphatic carbocycles. The number of alkyl halides is 3. The summed E-state index contributed by atoms with van der Waals surface area (Å²) >= 11 is 29.4. The number of benzene rings is 1. The quantitative estimate of drug-likeness (QED) is 0.605. The largest absolute Gasteiger partial charge is 0.361 e. The average molecular weight is 380 g/mol. The number of nitrogens with one attached hydrogen (secondary N) is 2. The van der Waals surface area contributed by atoms with E-state index in [0.717, 1.165) is 0 Å². The number of halogens is 5. The maximum Gasteiger partial charge on any atom is 0.318 e. The summed E-state index contributed by atoms with van der Waals surface area (Å²) in [5.41, 5.74) is 0.478. The molecule has 0 aliphatic heterocycles. The van der Waals surface area contributed by atoms with E-state index in [0.29, 0.717) is 15.7 Å². The summed E-state index contributed by atoms with van der Waals surface area (Å²) in [4.78, 5) is 13.0. The number of amides is 2. The Kier molecular flexibility index (Phi) is 6.35. The third kappa shape index (κ3) is 5.26. The van der Waals surface area contributed by atoms with E-state index in [1.807, 2.05) is 0 Å². The number of urea groups is 1. The van der Waals surface area contributed by atoms with E-state index in [1.54, 1.807) is 26.2 Å². The number of carbonyl (C=O) groups excluding carboxylic acids is 1. The number of nitrogens with zero attached hydrogens (tertiary/aromatic N) is 1. The van der Waals surface area contributed by atoms with Gasteiger partial charge in [-0.15, -0.1) is 0 Å². The molecule has 2 N–H and O–H groups in total. The van der Waals surface area contributed by atoms with Crippen LogP contribution in [0.2, 0.25) is 10.0 Å². The van der Waals surface area contributed by atoms with Gasteiger partial charge in [-0.3, -0.25) is 0 Å². The van der Waals surface area contributed by atoms with Crippen molar-refractivity contribution in [2.75, 3.05) is 19.4 Å². The van der Waals surface area contributed by atoms with Gasteiger partial charge in [0.25, 0.3) is 0 Å². The van der Waals surface area contributed by atoms with Crippen molar-refractivity contribution < 1.29 is 4.79 Å². The van der Waals surface area contributed by atoms with E-state index in [2.05, 4.69) is 10.6 Å². The van der Waals surface area contributed by atoms with Gasteiger partial charge in [-0.05, 0) is 18.2 Å². The van der Waals surface area contributed by atoms with Crippen molar-refractivity contribution in [2.24, 2.45) is 0 Å². The summed E-state index contributed by atoms with van der Waals surface area (Å²) in [6, 6.07) is 4.36. The highest BCUT2D eigenvalue weighted by Crippen LogP contribution is 2.33. The maximum absolute atomic E-state index is 11.7. The molecule has 2 amide bonds. The summed E-state index contributed by atoms with van der Waals surface area (Å²) in [6.45, 7) is 0. The topological polar surface area (TPSA) is 44.4 Å². The normalized spacial score (nSPS) is 12.8. The predicted molar refractivity (Wildman–Crippen MR) is 86.4 cm³/mol.